The largest absolute Gasteiger partial charge is 0.454 e. The van der Waals surface area contributed by atoms with Gasteiger partial charge in [0.05, 0.1) is 22.1 Å². The number of hydrogen-bond donors (Lipinski definition) is 0. The summed E-state index contributed by atoms with van der Waals surface area (Å²) in [5.74, 6) is -0.538. The van der Waals surface area contributed by atoms with Gasteiger partial charge in [0.1, 0.15) is 0 Å². The highest BCUT2D eigenvalue weighted by Gasteiger charge is 2.35. The molecule has 0 N–H and O–H groups in total. The highest BCUT2D eigenvalue weighted by Crippen LogP contribution is 2.40. The van der Waals surface area contributed by atoms with Crippen molar-refractivity contribution in [2.24, 2.45) is 0 Å². The Morgan fingerprint density at radius 3 is 2.73 bits per heavy atom. The molecule has 0 aliphatic carbocycles. The van der Waals surface area contributed by atoms with E-state index in [4.69, 9.17) is 25.8 Å². The topological polar surface area (TPSA) is 99.2 Å². The molecule has 1 amide bonds. The second-order valence-corrected chi connectivity index (χ2v) is 8.88. The van der Waals surface area contributed by atoms with E-state index < -0.39 is 33.9 Å². The second kappa shape index (κ2) is 6.96. The Morgan fingerprint density at radius 2 is 2.08 bits per heavy atom. The third kappa shape index (κ3) is 3.73. The summed E-state index contributed by atoms with van der Waals surface area (Å²) < 4.78 is 38.7. The minimum atomic E-state index is -3.12. The molecule has 3 rings (SSSR count). The Kier molecular flexibility index (Phi) is 5.03. The van der Waals surface area contributed by atoms with Gasteiger partial charge in [0.2, 0.25) is 6.79 Å². The molecule has 1 aromatic carbocycles. The number of likely N-dealkylation sites (N-methyl/N-ethyl adjacent to an activating group) is 1. The van der Waals surface area contributed by atoms with Crippen LogP contribution in [0.2, 0.25) is 5.02 Å². The van der Waals surface area contributed by atoms with Gasteiger partial charge in [-0.15, -0.1) is 0 Å². The molecule has 2 heterocycles. The van der Waals surface area contributed by atoms with Gasteiger partial charge in [-0.05, 0) is 25.5 Å². The molecule has 8 nitrogen and oxygen atoms in total. The molecule has 0 bridgehead atoms. The van der Waals surface area contributed by atoms with Crippen molar-refractivity contribution >= 4 is 33.3 Å². The van der Waals surface area contributed by atoms with Crippen LogP contribution in [-0.4, -0.2) is 62.7 Å². The van der Waals surface area contributed by atoms with Crippen LogP contribution in [0.25, 0.3) is 0 Å². The lowest BCUT2D eigenvalue weighted by Gasteiger charge is -2.26. The molecule has 1 aromatic rings. The summed E-state index contributed by atoms with van der Waals surface area (Å²) >= 11 is 6.04. The predicted molar refractivity (Wildman–Crippen MR) is 92.3 cm³/mol. The van der Waals surface area contributed by atoms with E-state index >= 15 is 0 Å². The Hall–Kier alpha value is -2.00. The summed E-state index contributed by atoms with van der Waals surface area (Å²) in [5, 5.41) is 0.208. The zero-order valence-electron chi connectivity index (χ0n) is 14.2. The smallest absolute Gasteiger partial charge is 0.339 e. The number of halogens is 1. The SMILES string of the molecule is C[C@H](OC(=O)c1cc(Cl)c2c(c1)OCO2)C(=O)N(C)[C@H]1CCS(=O)(=O)C1. The van der Waals surface area contributed by atoms with Crippen molar-refractivity contribution in [3.8, 4) is 11.5 Å². The quantitative estimate of drug-likeness (QED) is 0.698. The van der Waals surface area contributed by atoms with Crippen molar-refractivity contribution in [3.63, 3.8) is 0 Å². The number of hydrogen-bond acceptors (Lipinski definition) is 7. The fraction of sp³-hybridized carbons (Fsp3) is 0.500. The van der Waals surface area contributed by atoms with E-state index in [0.717, 1.165) is 0 Å². The first-order valence-corrected chi connectivity index (χ1v) is 10.1. The summed E-state index contributed by atoms with van der Waals surface area (Å²) in [6.07, 6.45) is -0.691. The number of carbonyl (C=O) groups excluding carboxylic acids is 2. The van der Waals surface area contributed by atoms with Crippen LogP contribution in [0.15, 0.2) is 12.1 Å². The van der Waals surface area contributed by atoms with E-state index in [0.29, 0.717) is 17.9 Å². The fourth-order valence-corrected chi connectivity index (χ4v) is 4.95. The van der Waals surface area contributed by atoms with Crippen LogP contribution in [0.5, 0.6) is 11.5 Å². The summed E-state index contributed by atoms with van der Waals surface area (Å²) in [4.78, 5) is 26.1. The number of benzene rings is 1. The molecule has 2 atom stereocenters. The maximum Gasteiger partial charge on any atom is 0.339 e. The van der Waals surface area contributed by atoms with Gasteiger partial charge in [-0.2, -0.15) is 0 Å². The van der Waals surface area contributed by atoms with Crippen molar-refractivity contribution < 1.29 is 32.2 Å². The first kappa shape index (κ1) is 18.8. The maximum atomic E-state index is 12.4. The average molecular weight is 404 g/mol. The first-order valence-electron chi connectivity index (χ1n) is 7.95. The molecule has 26 heavy (non-hydrogen) atoms. The average Bonchev–Trinajstić information content (AvgIpc) is 3.19. The number of esters is 1. The van der Waals surface area contributed by atoms with Gasteiger partial charge in [0.15, 0.2) is 27.4 Å². The molecule has 1 saturated heterocycles. The van der Waals surface area contributed by atoms with Gasteiger partial charge in [-0.25, -0.2) is 13.2 Å². The molecular weight excluding hydrogens is 386 g/mol. The monoisotopic (exact) mass is 403 g/mol. The van der Waals surface area contributed by atoms with Crippen LogP contribution < -0.4 is 9.47 Å². The normalized spacial score (nSPS) is 21.3. The number of fused-ring (bicyclic) bond motifs is 1. The molecule has 10 heteroatoms. The van der Waals surface area contributed by atoms with E-state index in [1.54, 1.807) is 0 Å². The molecule has 2 aliphatic rings. The summed E-state index contributed by atoms with van der Waals surface area (Å²) in [6.45, 7) is 1.45. The van der Waals surface area contributed by atoms with Gasteiger partial charge >= 0.3 is 5.97 Å². The van der Waals surface area contributed by atoms with E-state index in [2.05, 4.69) is 0 Å². The highest BCUT2D eigenvalue weighted by atomic mass is 35.5. The fourth-order valence-electron chi connectivity index (χ4n) is 2.91. The van der Waals surface area contributed by atoms with Crippen LogP contribution in [0.1, 0.15) is 23.7 Å². The molecule has 0 spiro atoms. The lowest BCUT2D eigenvalue weighted by atomic mass is 10.2. The van der Waals surface area contributed by atoms with Gasteiger partial charge in [0.25, 0.3) is 5.91 Å². The third-order valence-electron chi connectivity index (χ3n) is 4.40. The molecule has 0 saturated carbocycles. The van der Waals surface area contributed by atoms with Crippen LogP contribution in [0.4, 0.5) is 0 Å². The van der Waals surface area contributed by atoms with Crippen LogP contribution in [0.3, 0.4) is 0 Å². The lowest BCUT2D eigenvalue weighted by molar-refractivity contribution is -0.140. The highest BCUT2D eigenvalue weighted by molar-refractivity contribution is 7.91. The van der Waals surface area contributed by atoms with Crippen LogP contribution in [-0.2, 0) is 19.4 Å². The number of nitrogens with zero attached hydrogens (tertiary/aromatic N) is 1. The molecular formula is C16H18ClNO7S. The number of ether oxygens (including phenoxy) is 3. The molecule has 142 valence electrons. The van der Waals surface area contributed by atoms with Gasteiger partial charge in [-0.3, -0.25) is 4.79 Å². The van der Waals surface area contributed by atoms with Gasteiger partial charge < -0.3 is 19.1 Å². The van der Waals surface area contributed by atoms with E-state index in [1.807, 2.05) is 0 Å². The molecule has 1 fully saturated rings. The zero-order valence-corrected chi connectivity index (χ0v) is 15.8. The molecule has 0 unspecified atom stereocenters. The van der Waals surface area contributed by atoms with Crippen molar-refractivity contribution in [1.29, 1.82) is 0 Å². The lowest BCUT2D eigenvalue weighted by Crippen LogP contribution is -2.44. The van der Waals surface area contributed by atoms with Crippen molar-refractivity contribution in [2.45, 2.75) is 25.5 Å². The standard InChI is InChI=1S/C16H18ClNO7S/c1-9(15(19)18(2)11-3-4-26(21,22)7-11)25-16(20)10-5-12(17)14-13(6-10)23-8-24-14/h5-6,9,11H,3-4,7-8H2,1-2H3/t9-,11-/m0/s1. The first-order chi connectivity index (χ1) is 12.2. The Bertz CT molecular complexity index is 854. The number of amides is 1. The van der Waals surface area contributed by atoms with Crippen LogP contribution >= 0.6 is 11.6 Å². The molecule has 0 radical (unpaired) electrons. The van der Waals surface area contributed by atoms with E-state index in [-0.39, 0.29) is 28.9 Å². The van der Waals surface area contributed by atoms with Crippen LogP contribution in [0, 0.1) is 0 Å². The minimum Gasteiger partial charge on any atom is -0.454 e. The van der Waals surface area contributed by atoms with Crippen molar-refractivity contribution in [1.82, 2.24) is 4.90 Å². The Balaban J connectivity index is 1.66. The molecule has 2 aliphatic heterocycles. The maximum absolute atomic E-state index is 12.4. The summed E-state index contributed by atoms with van der Waals surface area (Å²) in [5.41, 5.74) is 0.130. The Labute approximate surface area is 155 Å². The van der Waals surface area contributed by atoms with Gasteiger partial charge in [0, 0.05) is 13.1 Å². The number of carbonyl (C=O) groups is 2. The number of rotatable bonds is 4. The summed E-state index contributed by atoms with van der Waals surface area (Å²) in [7, 11) is -1.61. The number of sulfone groups is 1. The summed E-state index contributed by atoms with van der Waals surface area (Å²) in [6, 6.07) is 2.40. The van der Waals surface area contributed by atoms with E-state index in [9.17, 15) is 18.0 Å². The van der Waals surface area contributed by atoms with Crippen molar-refractivity contribution in [3.05, 3.63) is 22.7 Å². The van der Waals surface area contributed by atoms with Gasteiger partial charge in [-0.1, -0.05) is 11.6 Å². The Morgan fingerprint density at radius 1 is 1.35 bits per heavy atom. The van der Waals surface area contributed by atoms with Crippen molar-refractivity contribution in [2.75, 3.05) is 25.3 Å². The minimum absolute atomic E-state index is 0.0114. The predicted octanol–water partition coefficient (Wildman–Crippen LogP) is 1.26. The zero-order chi connectivity index (χ0) is 19.1. The second-order valence-electron chi connectivity index (χ2n) is 6.25. The molecule has 0 aromatic heterocycles. The third-order valence-corrected chi connectivity index (χ3v) is 6.43. The van der Waals surface area contributed by atoms with E-state index in [1.165, 1.54) is 31.0 Å².